The van der Waals surface area contributed by atoms with Crippen molar-refractivity contribution >= 4 is 17.3 Å². The van der Waals surface area contributed by atoms with E-state index in [9.17, 15) is 0 Å². The quantitative estimate of drug-likeness (QED) is 0.629. The molecule has 1 aliphatic rings. The highest BCUT2D eigenvalue weighted by Gasteiger charge is 2.44. The first-order chi connectivity index (χ1) is 5.07. The van der Waals surface area contributed by atoms with Crippen molar-refractivity contribution in [1.82, 2.24) is 5.32 Å². The van der Waals surface area contributed by atoms with Crippen molar-refractivity contribution in [2.24, 2.45) is 17.1 Å². The molecular weight excluding hydrogens is 156 g/mol. The van der Waals surface area contributed by atoms with Gasteiger partial charge in [-0.2, -0.15) is 0 Å². The molecule has 3 heteroatoms. The summed E-state index contributed by atoms with van der Waals surface area (Å²) in [5.41, 5.74) is 5.85. The summed E-state index contributed by atoms with van der Waals surface area (Å²) in [6, 6.07) is 0. The normalized spacial score (nSPS) is 19.9. The first-order valence-corrected chi connectivity index (χ1v) is 4.51. The molecule has 0 aromatic heterocycles. The van der Waals surface area contributed by atoms with E-state index in [2.05, 4.69) is 19.2 Å². The van der Waals surface area contributed by atoms with Crippen LogP contribution in [-0.4, -0.2) is 11.7 Å². The fourth-order valence-electron chi connectivity index (χ4n) is 1.38. The first kappa shape index (κ1) is 8.78. The first-order valence-electron chi connectivity index (χ1n) is 4.10. The van der Waals surface area contributed by atoms with Crippen LogP contribution < -0.4 is 11.1 Å². The lowest BCUT2D eigenvalue weighted by Crippen LogP contribution is -2.35. The van der Waals surface area contributed by atoms with Crippen LogP contribution in [0.4, 0.5) is 0 Å². The highest BCUT2D eigenvalue weighted by atomic mass is 32.1. The summed E-state index contributed by atoms with van der Waals surface area (Å²) in [5.74, 6) is 0.740. The van der Waals surface area contributed by atoms with E-state index in [1.165, 1.54) is 12.8 Å². The van der Waals surface area contributed by atoms with Gasteiger partial charge in [-0.15, -0.1) is 0 Å². The molecule has 1 aliphatic carbocycles. The van der Waals surface area contributed by atoms with Crippen molar-refractivity contribution in [1.29, 1.82) is 0 Å². The Balaban J connectivity index is 2.30. The van der Waals surface area contributed by atoms with E-state index in [1.54, 1.807) is 0 Å². The molecule has 0 atom stereocenters. The van der Waals surface area contributed by atoms with Crippen molar-refractivity contribution in [3.8, 4) is 0 Å². The van der Waals surface area contributed by atoms with Crippen LogP contribution in [0.15, 0.2) is 0 Å². The SMILES string of the molecule is CC(C)C1(CNC(N)=S)CC1. The molecular formula is C8H16N2S. The maximum absolute atomic E-state index is 5.35. The Bertz CT molecular complexity index is 161. The lowest BCUT2D eigenvalue weighted by atomic mass is 9.92. The number of hydrogen-bond acceptors (Lipinski definition) is 1. The highest BCUT2D eigenvalue weighted by molar-refractivity contribution is 7.80. The number of rotatable bonds is 3. The lowest BCUT2D eigenvalue weighted by Gasteiger charge is -2.19. The predicted octanol–water partition coefficient (Wildman–Crippen LogP) is 1.26. The Labute approximate surface area is 73.5 Å². The van der Waals surface area contributed by atoms with Crippen LogP contribution in [0.3, 0.4) is 0 Å². The summed E-state index contributed by atoms with van der Waals surface area (Å²) in [7, 11) is 0. The lowest BCUT2D eigenvalue weighted by molar-refractivity contribution is 0.357. The Morgan fingerprint density at radius 3 is 2.45 bits per heavy atom. The van der Waals surface area contributed by atoms with Gasteiger partial charge in [0.05, 0.1) is 0 Å². The molecule has 0 saturated heterocycles. The number of nitrogens with two attached hydrogens (primary N) is 1. The van der Waals surface area contributed by atoms with Crippen LogP contribution in [0, 0.1) is 11.3 Å². The molecule has 0 aliphatic heterocycles. The summed E-state index contributed by atoms with van der Waals surface area (Å²) in [5, 5.41) is 3.47. The molecule has 0 amide bonds. The van der Waals surface area contributed by atoms with Crippen molar-refractivity contribution in [2.45, 2.75) is 26.7 Å². The summed E-state index contributed by atoms with van der Waals surface area (Å²) < 4.78 is 0. The molecule has 0 radical (unpaired) electrons. The van der Waals surface area contributed by atoms with Crippen LogP contribution in [-0.2, 0) is 0 Å². The Kier molecular flexibility index (Phi) is 2.37. The molecule has 0 spiro atoms. The summed E-state index contributed by atoms with van der Waals surface area (Å²) >= 11 is 4.74. The molecule has 1 rings (SSSR count). The predicted molar refractivity (Wildman–Crippen MR) is 51.3 cm³/mol. The molecule has 0 bridgehead atoms. The molecule has 1 fully saturated rings. The van der Waals surface area contributed by atoms with Gasteiger partial charge in [-0.05, 0) is 36.4 Å². The second kappa shape index (κ2) is 2.97. The van der Waals surface area contributed by atoms with E-state index in [4.69, 9.17) is 18.0 Å². The molecule has 2 nitrogen and oxygen atoms in total. The van der Waals surface area contributed by atoms with E-state index in [0.29, 0.717) is 10.5 Å². The minimum Gasteiger partial charge on any atom is -0.376 e. The smallest absolute Gasteiger partial charge is 0.163 e. The van der Waals surface area contributed by atoms with Gasteiger partial charge in [-0.25, -0.2) is 0 Å². The minimum absolute atomic E-state index is 0.428. The van der Waals surface area contributed by atoms with Gasteiger partial charge < -0.3 is 11.1 Å². The van der Waals surface area contributed by atoms with Crippen molar-refractivity contribution < 1.29 is 0 Å². The third kappa shape index (κ3) is 2.06. The summed E-state index contributed by atoms with van der Waals surface area (Å²) in [6.07, 6.45) is 2.64. The maximum Gasteiger partial charge on any atom is 0.163 e. The summed E-state index contributed by atoms with van der Waals surface area (Å²) in [6.45, 7) is 5.47. The topological polar surface area (TPSA) is 38.0 Å². The standard InChI is InChI=1S/C8H16N2S/c1-6(2)8(3-4-8)5-10-7(9)11/h6H,3-5H2,1-2H3,(H3,9,10,11). The maximum atomic E-state index is 5.35. The van der Waals surface area contributed by atoms with Gasteiger partial charge >= 0.3 is 0 Å². The van der Waals surface area contributed by atoms with Crippen molar-refractivity contribution in [3.63, 3.8) is 0 Å². The Morgan fingerprint density at radius 2 is 2.18 bits per heavy atom. The molecule has 0 unspecified atom stereocenters. The third-order valence-corrected chi connectivity index (χ3v) is 2.88. The fourth-order valence-corrected chi connectivity index (χ4v) is 1.45. The zero-order valence-electron chi connectivity index (χ0n) is 7.18. The van der Waals surface area contributed by atoms with Crippen LogP contribution in [0.5, 0.6) is 0 Å². The van der Waals surface area contributed by atoms with E-state index in [0.717, 1.165) is 12.5 Å². The van der Waals surface area contributed by atoms with Crippen LogP contribution in [0.1, 0.15) is 26.7 Å². The van der Waals surface area contributed by atoms with E-state index < -0.39 is 0 Å². The van der Waals surface area contributed by atoms with Crippen molar-refractivity contribution in [2.75, 3.05) is 6.54 Å². The molecule has 0 aromatic carbocycles. The fraction of sp³-hybridized carbons (Fsp3) is 0.875. The number of thiocarbonyl (C=S) groups is 1. The largest absolute Gasteiger partial charge is 0.376 e. The summed E-state index contributed by atoms with van der Waals surface area (Å²) in [4.78, 5) is 0. The Morgan fingerprint density at radius 1 is 1.64 bits per heavy atom. The van der Waals surface area contributed by atoms with Crippen LogP contribution in [0.2, 0.25) is 0 Å². The number of hydrogen-bond donors (Lipinski definition) is 2. The molecule has 0 aromatic rings. The zero-order valence-corrected chi connectivity index (χ0v) is 8.00. The third-order valence-electron chi connectivity index (χ3n) is 2.73. The van der Waals surface area contributed by atoms with Gasteiger partial charge in [-0.3, -0.25) is 0 Å². The Hall–Kier alpha value is -0.310. The van der Waals surface area contributed by atoms with Gasteiger partial charge in [0.2, 0.25) is 0 Å². The van der Waals surface area contributed by atoms with E-state index in [-0.39, 0.29) is 0 Å². The van der Waals surface area contributed by atoms with Gasteiger partial charge in [0, 0.05) is 6.54 Å². The zero-order chi connectivity index (χ0) is 8.48. The number of nitrogens with one attached hydrogen (secondary N) is 1. The van der Waals surface area contributed by atoms with Crippen molar-refractivity contribution in [3.05, 3.63) is 0 Å². The van der Waals surface area contributed by atoms with Gasteiger partial charge in [0.15, 0.2) is 5.11 Å². The highest BCUT2D eigenvalue weighted by Crippen LogP contribution is 2.51. The molecule has 11 heavy (non-hydrogen) atoms. The van der Waals surface area contributed by atoms with Crippen LogP contribution in [0.25, 0.3) is 0 Å². The minimum atomic E-state index is 0.428. The van der Waals surface area contributed by atoms with E-state index >= 15 is 0 Å². The molecule has 0 heterocycles. The van der Waals surface area contributed by atoms with Gasteiger partial charge in [-0.1, -0.05) is 13.8 Å². The monoisotopic (exact) mass is 172 g/mol. The van der Waals surface area contributed by atoms with Gasteiger partial charge in [0.1, 0.15) is 0 Å². The molecule has 64 valence electrons. The average Bonchev–Trinajstić information content (AvgIpc) is 2.63. The second-order valence-corrected chi connectivity index (χ2v) is 4.17. The van der Waals surface area contributed by atoms with E-state index in [1.807, 2.05) is 0 Å². The van der Waals surface area contributed by atoms with Crippen LogP contribution >= 0.6 is 12.2 Å². The molecule has 1 saturated carbocycles. The second-order valence-electron chi connectivity index (χ2n) is 3.73. The molecule has 3 N–H and O–H groups in total. The van der Waals surface area contributed by atoms with Gasteiger partial charge in [0.25, 0.3) is 0 Å². The average molecular weight is 172 g/mol.